The highest BCUT2D eigenvalue weighted by Gasteiger charge is 2.38. The van der Waals surface area contributed by atoms with E-state index < -0.39 is 0 Å². The molecule has 1 rings (SSSR count). The molecule has 3 nitrogen and oxygen atoms in total. The van der Waals surface area contributed by atoms with Crippen LogP contribution in [0.5, 0.6) is 0 Å². The number of hydrogen-bond donors (Lipinski definition) is 2. The molecule has 3 heteroatoms. The number of amides is 1. The first-order chi connectivity index (χ1) is 7.75. The van der Waals surface area contributed by atoms with Crippen LogP contribution < -0.4 is 5.32 Å². The predicted octanol–water partition coefficient (Wildman–Crippen LogP) is 2.24. The Balaban J connectivity index is 2.22. The molecule has 0 atom stereocenters. The van der Waals surface area contributed by atoms with Crippen molar-refractivity contribution in [3.63, 3.8) is 0 Å². The van der Waals surface area contributed by atoms with Crippen molar-refractivity contribution in [3.8, 4) is 0 Å². The summed E-state index contributed by atoms with van der Waals surface area (Å²) >= 11 is 0. The first-order valence-corrected chi connectivity index (χ1v) is 6.64. The fourth-order valence-electron chi connectivity index (χ4n) is 2.60. The van der Waals surface area contributed by atoms with E-state index in [1.54, 1.807) is 0 Å². The second-order valence-electron chi connectivity index (χ2n) is 4.88. The van der Waals surface area contributed by atoms with E-state index in [0.29, 0.717) is 0 Å². The van der Waals surface area contributed by atoms with E-state index in [4.69, 9.17) is 5.11 Å². The third kappa shape index (κ3) is 3.48. The Morgan fingerprint density at radius 2 is 1.94 bits per heavy atom. The molecule has 1 aliphatic carbocycles. The maximum atomic E-state index is 12.1. The van der Waals surface area contributed by atoms with E-state index in [0.717, 1.165) is 45.1 Å². The van der Waals surface area contributed by atoms with Crippen LogP contribution in [0.4, 0.5) is 0 Å². The summed E-state index contributed by atoms with van der Waals surface area (Å²) in [6, 6.07) is 0. The third-order valence-electron chi connectivity index (χ3n) is 3.84. The lowest BCUT2D eigenvalue weighted by Gasteiger charge is -2.25. The average Bonchev–Trinajstić information content (AvgIpc) is 2.78. The molecule has 1 aliphatic rings. The van der Waals surface area contributed by atoms with Gasteiger partial charge in [0.15, 0.2) is 0 Å². The number of aliphatic hydroxyl groups is 1. The Morgan fingerprint density at radius 3 is 2.50 bits per heavy atom. The quantitative estimate of drug-likeness (QED) is 0.655. The summed E-state index contributed by atoms with van der Waals surface area (Å²) in [6.45, 7) is 3.14. The van der Waals surface area contributed by atoms with Crippen molar-refractivity contribution in [2.45, 2.75) is 58.3 Å². The van der Waals surface area contributed by atoms with Gasteiger partial charge in [-0.15, -0.1) is 0 Å². The van der Waals surface area contributed by atoms with Crippen molar-refractivity contribution in [3.05, 3.63) is 0 Å². The molecule has 2 N–H and O–H groups in total. The van der Waals surface area contributed by atoms with Crippen LogP contribution in [0, 0.1) is 5.41 Å². The molecule has 0 aromatic heterocycles. The number of hydrogen-bond acceptors (Lipinski definition) is 2. The SMILES string of the molecule is CCC1(C(=O)NCCCCCO)CCCC1. The Labute approximate surface area is 98.6 Å². The van der Waals surface area contributed by atoms with E-state index in [1.165, 1.54) is 12.8 Å². The standard InChI is InChI=1S/C13H25NO2/c1-2-13(8-4-5-9-13)12(16)14-10-6-3-7-11-15/h15H,2-11H2,1H3,(H,14,16). The Bertz CT molecular complexity index is 210. The predicted molar refractivity (Wildman–Crippen MR) is 65.1 cm³/mol. The number of carbonyl (C=O) groups excluding carboxylic acids is 1. The molecular formula is C13H25NO2. The van der Waals surface area contributed by atoms with E-state index >= 15 is 0 Å². The zero-order valence-corrected chi connectivity index (χ0v) is 10.4. The number of carbonyl (C=O) groups is 1. The largest absolute Gasteiger partial charge is 0.396 e. The number of aliphatic hydroxyl groups excluding tert-OH is 1. The summed E-state index contributed by atoms with van der Waals surface area (Å²) in [5.41, 5.74) is -0.0586. The van der Waals surface area contributed by atoms with Gasteiger partial charge < -0.3 is 10.4 Å². The summed E-state index contributed by atoms with van der Waals surface area (Å²) in [7, 11) is 0. The third-order valence-corrected chi connectivity index (χ3v) is 3.84. The first-order valence-electron chi connectivity index (χ1n) is 6.64. The van der Waals surface area contributed by atoms with Crippen LogP contribution in [0.15, 0.2) is 0 Å². The Hall–Kier alpha value is -0.570. The van der Waals surface area contributed by atoms with Gasteiger partial charge in [-0.25, -0.2) is 0 Å². The molecule has 0 radical (unpaired) electrons. The van der Waals surface area contributed by atoms with Gasteiger partial charge in [0, 0.05) is 18.6 Å². The van der Waals surface area contributed by atoms with Crippen molar-refractivity contribution in [2.75, 3.05) is 13.2 Å². The van der Waals surface area contributed by atoms with Crippen LogP contribution in [-0.2, 0) is 4.79 Å². The van der Waals surface area contributed by atoms with Gasteiger partial charge in [0.05, 0.1) is 0 Å². The maximum absolute atomic E-state index is 12.1. The minimum atomic E-state index is -0.0586. The van der Waals surface area contributed by atoms with Crippen molar-refractivity contribution in [1.82, 2.24) is 5.32 Å². The van der Waals surface area contributed by atoms with Crippen LogP contribution in [0.3, 0.4) is 0 Å². The van der Waals surface area contributed by atoms with Crippen molar-refractivity contribution >= 4 is 5.91 Å². The van der Waals surface area contributed by atoms with Crippen molar-refractivity contribution in [1.29, 1.82) is 0 Å². The van der Waals surface area contributed by atoms with Crippen LogP contribution in [0.25, 0.3) is 0 Å². The molecule has 0 heterocycles. The highest BCUT2D eigenvalue weighted by Crippen LogP contribution is 2.40. The normalized spacial score (nSPS) is 18.6. The highest BCUT2D eigenvalue weighted by atomic mass is 16.2. The molecule has 0 spiro atoms. The van der Waals surface area contributed by atoms with Crippen LogP contribution in [0.1, 0.15) is 58.3 Å². The fourth-order valence-corrected chi connectivity index (χ4v) is 2.60. The molecule has 1 amide bonds. The maximum Gasteiger partial charge on any atom is 0.226 e. The molecule has 0 aromatic carbocycles. The van der Waals surface area contributed by atoms with Gasteiger partial charge in [-0.2, -0.15) is 0 Å². The molecule has 0 unspecified atom stereocenters. The average molecular weight is 227 g/mol. The summed E-state index contributed by atoms with van der Waals surface area (Å²) < 4.78 is 0. The smallest absolute Gasteiger partial charge is 0.226 e. The second kappa shape index (κ2) is 6.89. The topological polar surface area (TPSA) is 49.3 Å². The fraction of sp³-hybridized carbons (Fsp3) is 0.923. The molecule has 0 bridgehead atoms. The van der Waals surface area contributed by atoms with Gasteiger partial charge in [-0.05, 0) is 38.5 Å². The summed E-state index contributed by atoms with van der Waals surface area (Å²) in [6.07, 6.45) is 8.31. The second-order valence-corrected chi connectivity index (χ2v) is 4.88. The lowest BCUT2D eigenvalue weighted by Crippen LogP contribution is -2.39. The molecule has 1 saturated carbocycles. The molecule has 16 heavy (non-hydrogen) atoms. The van der Waals surface area contributed by atoms with E-state index in [-0.39, 0.29) is 17.9 Å². The highest BCUT2D eigenvalue weighted by molar-refractivity contribution is 5.82. The van der Waals surface area contributed by atoms with Gasteiger partial charge in [0.25, 0.3) is 0 Å². The minimum absolute atomic E-state index is 0.0586. The number of rotatable bonds is 7. The lowest BCUT2D eigenvalue weighted by atomic mass is 9.82. The van der Waals surface area contributed by atoms with Gasteiger partial charge in [-0.1, -0.05) is 19.8 Å². The number of unbranched alkanes of at least 4 members (excludes halogenated alkanes) is 2. The van der Waals surface area contributed by atoms with Crippen molar-refractivity contribution < 1.29 is 9.90 Å². The van der Waals surface area contributed by atoms with Crippen LogP contribution >= 0.6 is 0 Å². The van der Waals surface area contributed by atoms with Gasteiger partial charge in [0.1, 0.15) is 0 Å². The van der Waals surface area contributed by atoms with Gasteiger partial charge in [0.2, 0.25) is 5.91 Å². The summed E-state index contributed by atoms with van der Waals surface area (Å²) in [5.74, 6) is 0.261. The van der Waals surface area contributed by atoms with Crippen LogP contribution in [0.2, 0.25) is 0 Å². The minimum Gasteiger partial charge on any atom is -0.396 e. The van der Waals surface area contributed by atoms with E-state index in [9.17, 15) is 4.79 Å². The molecular weight excluding hydrogens is 202 g/mol. The monoisotopic (exact) mass is 227 g/mol. The summed E-state index contributed by atoms with van der Waals surface area (Å²) in [5, 5.41) is 11.7. The Kier molecular flexibility index (Phi) is 5.81. The van der Waals surface area contributed by atoms with Gasteiger partial charge >= 0.3 is 0 Å². The first kappa shape index (κ1) is 13.5. The van der Waals surface area contributed by atoms with Crippen LogP contribution in [-0.4, -0.2) is 24.2 Å². The molecule has 1 fully saturated rings. The number of nitrogens with one attached hydrogen (secondary N) is 1. The molecule has 94 valence electrons. The van der Waals surface area contributed by atoms with Gasteiger partial charge in [-0.3, -0.25) is 4.79 Å². The van der Waals surface area contributed by atoms with E-state index in [2.05, 4.69) is 12.2 Å². The van der Waals surface area contributed by atoms with Crippen molar-refractivity contribution in [2.24, 2.45) is 5.41 Å². The molecule has 0 aromatic rings. The molecule has 0 saturated heterocycles. The zero-order valence-electron chi connectivity index (χ0n) is 10.4. The Morgan fingerprint density at radius 1 is 1.25 bits per heavy atom. The molecule has 0 aliphatic heterocycles. The zero-order chi connectivity index (χ0) is 11.9. The summed E-state index contributed by atoms with van der Waals surface area (Å²) in [4.78, 5) is 12.1. The lowest BCUT2D eigenvalue weighted by molar-refractivity contribution is -0.131. The van der Waals surface area contributed by atoms with E-state index in [1.807, 2.05) is 0 Å².